The average Bonchev–Trinajstić information content (AvgIpc) is 2.39. The van der Waals surface area contributed by atoms with Crippen LogP contribution in [0, 0.1) is 5.92 Å². The van der Waals surface area contributed by atoms with Crippen LogP contribution in [-0.4, -0.2) is 26.2 Å². The van der Waals surface area contributed by atoms with Crippen LogP contribution in [-0.2, 0) is 6.42 Å². The van der Waals surface area contributed by atoms with E-state index in [-0.39, 0.29) is 0 Å². The van der Waals surface area contributed by atoms with Crippen LogP contribution in [0.15, 0.2) is 24.3 Å². The summed E-state index contributed by atoms with van der Waals surface area (Å²) < 4.78 is 5.93. The van der Waals surface area contributed by atoms with Gasteiger partial charge < -0.3 is 15.8 Å². The molecule has 1 aromatic carbocycles. The lowest BCUT2D eigenvalue weighted by atomic mass is 10.0. The molecule has 3 heteroatoms. The highest BCUT2D eigenvalue weighted by atomic mass is 16.5. The lowest BCUT2D eigenvalue weighted by Crippen LogP contribution is -2.33. The number of ether oxygens (including phenoxy) is 1. The quantitative estimate of drug-likeness (QED) is 0.813. The smallest absolute Gasteiger partial charge is 0.122 e. The molecule has 0 aromatic heterocycles. The molecule has 1 unspecified atom stereocenters. The van der Waals surface area contributed by atoms with Gasteiger partial charge in [-0.3, -0.25) is 0 Å². The van der Waals surface area contributed by atoms with Crippen molar-refractivity contribution in [1.82, 2.24) is 5.32 Å². The van der Waals surface area contributed by atoms with Gasteiger partial charge in [-0.15, -0.1) is 0 Å². The summed E-state index contributed by atoms with van der Waals surface area (Å²) in [6, 6.07) is 8.21. The Bertz CT molecular complexity index is 335. The average molecular weight is 234 g/mol. The third-order valence-corrected chi connectivity index (χ3v) is 3.26. The molecule has 1 aliphatic heterocycles. The predicted octanol–water partition coefficient (Wildman–Crippen LogP) is 1.57. The summed E-state index contributed by atoms with van der Waals surface area (Å²) in [6.07, 6.45) is 3.42. The van der Waals surface area contributed by atoms with E-state index in [1.807, 2.05) is 18.2 Å². The largest absolute Gasteiger partial charge is 0.493 e. The summed E-state index contributed by atoms with van der Waals surface area (Å²) >= 11 is 0. The molecule has 0 bridgehead atoms. The van der Waals surface area contributed by atoms with Gasteiger partial charge in [-0.25, -0.2) is 0 Å². The fourth-order valence-corrected chi connectivity index (χ4v) is 2.28. The topological polar surface area (TPSA) is 47.3 Å². The molecule has 1 heterocycles. The minimum absolute atomic E-state index is 0.648. The van der Waals surface area contributed by atoms with Crippen LogP contribution in [0.2, 0.25) is 0 Å². The highest BCUT2D eigenvalue weighted by molar-refractivity contribution is 5.33. The Hall–Kier alpha value is -1.06. The van der Waals surface area contributed by atoms with E-state index in [0.29, 0.717) is 12.5 Å². The molecule has 0 amide bonds. The monoisotopic (exact) mass is 234 g/mol. The van der Waals surface area contributed by atoms with Crippen molar-refractivity contribution in [2.75, 3.05) is 26.2 Å². The summed E-state index contributed by atoms with van der Waals surface area (Å²) in [5, 5.41) is 3.41. The first-order valence-electron chi connectivity index (χ1n) is 6.51. The van der Waals surface area contributed by atoms with Crippen LogP contribution < -0.4 is 15.8 Å². The van der Waals surface area contributed by atoms with E-state index in [2.05, 4.69) is 11.4 Å². The van der Waals surface area contributed by atoms with Gasteiger partial charge in [0.15, 0.2) is 0 Å². The molecule has 0 radical (unpaired) electrons. The van der Waals surface area contributed by atoms with E-state index >= 15 is 0 Å². The van der Waals surface area contributed by atoms with Crippen molar-refractivity contribution in [3.05, 3.63) is 29.8 Å². The predicted molar refractivity (Wildman–Crippen MR) is 70.3 cm³/mol. The number of nitrogens with two attached hydrogens (primary N) is 1. The Kier molecular flexibility index (Phi) is 4.83. The maximum Gasteiger partial charge on any atom is 0.122 e. The van der Waals surface area contributed by atoms with Crippen molar-refractivity contribution >= 4 is 0 Å². The first-order chi connectivity index (χ1) is 8.40. The molecule has 1 aromatic rings. The molecule has 1 aliphatic rings. The number of hydrogen-bond donors (Lipinski definition) is 2. The summed E-state index contributed by atoms with van der Waals surface area (Å²) in [6.45, 7) is 3.72. The van der Waals surface area contributed by atoms with E-state index in [9.17, 15) is 0 Å². The van der Waals surface area contributed by atoms with Crippen LogP contribution in [0.5, 0.6) is 5.75 Å². The zero-order valence-electron chi connectivity index (χ0n) is 10.3. The van der Waals surface area contributed by atoms with Gasteiger partial charge in [0.2, 0.25) is 0 Å². The fraction of sp³-hybridized carbons (Fsp3) is 0.571. The summed E-state index contributed by atoms with van der Waals surface area (Å²) in [7, 11) is 0. The highest BCUT2D eigenvalue weighted by Crippen LogP contribution is 2.20. The maximum absolute atomic E-state index is 5.93. The molecule has 1 atom stereocenters. The number of nitrogens with one attached hydrogen (secondary N) is 1. The van der Waals surface area contributed by atoms with Crippen LogP contribution in [0.3, 0.4) is 0 Å². The summed E-state index contributed by atoms with van der Waals surface area (Å²) in [4.78, 5) is 0. The second-order valence-corrected chi connectivity index (χ2v) is 4.67. The molecule has 94 valence electrons. The van der Waals surface area contributed by atoms with Gasteiger partial charge in [-0.2, -0.15) is 0 Å². The number of hydrogen-bond acceptors (Lipinski definition) is 3. The van der Waals surface area contributed by atoms with Gasteiger partial charge in [0.05, 0.1) is 6.61 Å². The fourth-order valence-electron chi connectivity index (χ4n) is 2.28. The Morgan fingerprint density at radius 2 is 2.24 bits per heavy atom. The molecular formula is C14H22N2O. The number of benzene rings is 1. The maximum atomic E-state index is 5.93. The highest BCUT2D eigenvalue weighted by Gasteiger charge is 2.14. The molecule has 0 saturated carbocycles. The molecule has 2 rings (SSSR count). The first kappa shape index (κ1) is 12.4. The number of piperidine rings is 1. The van der Waals surface area contributed by atoms with Gasteiger partial charge in [0.25, 0.3) is 0 Å². The van der Waals surface area contributed by atoms with E-state index in [1.54, 1.807) is 0 Å². The van der Waals surface area contributed by atoms with Crippen molar-refractivity contribution in [2.45, 2.75) is 19.3 Å². The SMILES string of the molecule is NCCc1ccccc1OCC1CCCNC1. The molecule has 3 nitrogen and oxygen atoms in total. The van der Waals surface area contributed by atoms with Crippen molar-refractivity contribution in [3.63, 3.8) is 0 Å². The zero-order valence-corrected chi connectivity index (χ0v) is 10.3. The lowest BCUT2D eigenvalue weighted by Gasteiger charge is -2.23. The second-order valence-electron chi connectivity index (χ2n) is 4.67. The van der Waals surface area contributed by atoms with Gasteiger partial charge in [-0.1, -0.05) is 18.2 Å². The number of rotatable bonds is 5. The lowest BCUT2D eigenvalue weighted by molar-refractivity contribution is 0.217. The third kappa shape index (κ3) is 3.72. The molecular weight excluding hydrogens is 212 g/mol. The van der Waals surface area contributed by atoms with Crippen molar-refractivity contribution < 1.29 is 4.74 Å². The molecule has 17 heavy (non-hydrogen) atoms. The van der Waals surface area contributed by atoms with Gasteiger partial charge in [-0.05, 0) is 44.0 Å². The summed E-state index contributed by atoms with van der Waals surface area (Å²) in [5.74, 6) is 1.65. The van der Waals surface area contributed by atoms with Gasteiger partial charge in [0.1, 0.15) is 5.75 Å². The Balaban J connectivity index is 1.88. The minimum atomic E-state index is 0.648. The van der Waals surface area contributed by atoms with Crippen molar-refractivity contribution in [3.8, 4) is 5.75 Å². The van der Waals surface area contributed by atoms with E-state index in [0.717, 1.165) is 31.9 Å². The molecule has 0 spiro atoms. The second kappa shape index (κ2) is 6.62. The molecule has 0 aliphatic carbocycles. The van der Waals surface area contributed by atoms with Crippen LogP contribution in [0.25, 0.3) is 0 Å². The van der Waals surface area contributed by atoms with Crippen molar-refractivity contribution in [2.24, 2.45) is 11.7 Å². The Labute approximate surface area is 103 Å². The normalized spacial score (nSPS) is 20.2. The Morgan fingerprint density at radius 3 is 3.00 bits per heavy atom. The first-order valence-corrected chi connectivity index (χ1v) is 6.51. The molecule has 1 saturated heterocycles. The molecule has 1 fully saturated rings. The standard InChI is InChI=1S/C14H22N2O/c15-8-7-13-5-1-2-6-14(13)17-11-12-4-3-9-16-10-12/h1-2,5-6,12,16H,3-4,7-11,15H2. The number of para-hydroxylation sites is 1. The summed E-state index contributed by atoms with van der Waals surface area (Å²) in [5.41, 5.74) is 6.82. The van der Waals surface area contributed by atoms with E-state index < -0.39 is 0 Å². The third-order valence-electron chi connectivity index (χ3n) is 3.26. The molecule has 3 N–H and O–H groups in total. The Morgan fingerprint density at radius 1 is 1.35 bits per heavy atom. The van der Waals surface area contributed by atoms with Gasteiger partial charge in [0, 0.05) is 12.5 Å². The van der Waals surface area contributed by atoms with Crippen molar-refractivity contribution in [1.29, 1.82) is 0 Å². The van der Waals surface area contributed by atoms with E-state index in [4.69, 9.17) is 10.5 Å². The van der Waals surface area contributed by atoms with E-state index in [1.165, 1.54) is 18.4 Å². The van der Waals surface area contributed by atoms with Crippen LogP contribution in [0.1, 0.15) is 18.4 Å². The van der Waals surface area contributed by atoms with Gasteiger partial charge >= 0.3 is 0 Å². The minimum Gasteiger partial charge on any atom is -0.493 e. The van der Waals surface area contributed by atoms with Crippen LogP contribution >= 0.6 is 0 Å². The zero-order chi connectivity index (χ0) is 11.9. The van der Waals surface area contributed by atoms with Crippen LogP contribution in [0.4, 0.5) is 0 Å².